The normalized spacial score (nSPS) is 10.3. The fourth-order valence-electron chi connectivity index (χ4n) is 2.05. The topological polar surface area (TPSA) is 60.8 Å². The highest BCUT2D eigenvalue weighted by Crippen LogP contribution is 2.26. The molecule has 0 aliphatic heterocycles. The van der Waals surface area contributed by atoms with Gasteiger partial charge >= 0.3 is 0 Å². The van der Waals surface area contributed by atoms with E-state index in [9.17, 15) is 15.0 Å². The van der Waals surface area contributed by atoms with Crippen molar-refractivity contribution in [2.24, 2.45) is 0 Å². The minimum atomic E-state index is -0.295. The molecule has 0 fully saturated rings. The number of phenolic OH excluding ortho intramolecular Hbond substituents is 2. The Labute approximate surface area is 117 Å². The average Bonchev–Trinajstić information content (AvgIpc) is 2.42. The van der Waals surface area contributed by atoms with Gasteiger partial charge in [0, 0.05) is 17.8 Å². The molecule has 104 valence electrons. The monoisotopic (exact) mass is 271 g/mol. The van der Waals surface area contributed by atoms with Gasteiger partial charge in [0.05, 0.1) is 0 Å². The Balaban J connectivity index is 2.36. The number of amides is 1. The molecular formula is C16H17NO3. The molecule has 0 bridgehead atoms. The first-order valence-corrected chi connectivity index (χ1v) is 6.43. The van der Waals surface area contributed by atoms with Crippen LogP contribution in [0.4, 0.5) is 5.69 Å². The zero-order valence-corrected chi connectivity index (χ0v) is 11.5. The van der Waals surface area contributed by atoms with Gasteiger partial charge in [-0.3, -0.25) is 4.79 Å². The third kappa shape index (κ3) is 2.74. The van der Waals surface area contributed by atoms with Crippen molar-refractivity contribution in [3.05, 3.63) is 53.6 Å². The van der Waals surface area contributed by atoms with E-state index < -0.39 is 0 Å². The Morgan fingerprint density at radius 3 is 2.45 bits per heavy atom. The summed E-state index contributed by atoms with van der Waals surface area (Å²) in [5.41, 5.74) is 2.22. The van der Waals surface area contributed by atoms with Crippen molar-refractivity contribution in [3.8, 4) is 11.5 Å². The molecule has 2 rings (SSSR count). The average molecular weight is 271 g/mol. The first kappa shape index (κ1) is 13.9. The summed E-state index contributed by atoms with van der Waals surface area (Å²) in [4.78, 5) is 14.1. The molecule has 4 heteroatoms. The highest BCUT2D eigenvalue weighted by atomic mass is 16.3. The molecule has 0 aliphatic carbocycles. The van der Waals surface area contributed by atoms with Crippen LogP contribution in [-0.4, -0.2) is 22.7 Å². The first-order valence-electron chi connectivity index (χ1n) is 6.43. The van der Waals surface area contributed by atoms with Crippen LogP contribution in [0.15, 0.2) is 42.5 Å². The minimum absolute atomic E-state index is 0.214. The van der Waals surface area contributed by atoms with E-state index in [1.807, 2.05) is 38.1 Å². The van der Waals surface area contributed by atoms with Crippen molar-refractivity contribution in [2.45, 2.75) is 13.8 Å². The van der Waals surface area contributed by atoms with Crippen LogP contribution in [0, 0.1) is 6.92 Å². The number of carbonyl (C=O) groups excluding carboxylic acids is 1. The van der Waals surface area contributed by atoms with E-state index in [0.717, 1.165) is 11.3 Å². The van der Waals surface area contributed by atoms with E-state index in [2.05, 4.69) is 0 Å². The number of benzene rings is 2. The summed E-state index contributed by atoms with van der Waals surface area (Å²) in [7, 11) is 0. The Kier molecular flexibility index (Phi) is 3.94. The predicted octanol–water partition coefficient (Wildman–Crippen LogP) is 3.07. The van der Waals surface area contributed by atoms with Crippen molar-refractivity contribution in [2.75, 3.05) is 11.4 Å². The SMILES string of the molecule is CCN(C(=O)c1ccc(O)c(O)c1)c1cccc(C)c1. The summed E-state index contributed by atoms with van der Waals surface area (Å²) in [6.45, 7) is 4.37. The van der Waals surface area contributed by atoms with Gasteiger partial charge in [-0.15, -0.1) is 0 Å². The lowest BCUT2D eigenvalue weighted by molar-refractivity contribution is 0.0988. The van der Waals surface area contributed by atoms with Crippen LogP contribution >= 0.6 is 0 Å². The van der Waals surface area contributed by atoms with Crippen LogP contribution < -0.4 is 4.90 Å². The van der Waals surface area contributed by atoms with Gasteiger partial charge in [-0.1, -0.05) is 12.1 Å². The van der Waals surface area contributed by atoms with E-state index in [1.54, 1.807) is 4.90 Å². The van der Waals surface area contributed by atoms with Crippen molar-refractivity contribution < 1.29 is 15.0 Å². The second-order valence-electron chi connectivity index (χ2n) is 4.59. The van der Waals surface area contributed by atoms with Gasteiger partial charge in [-0.25, -0.2) is 0 Å². The van der Waals surface area contributed by atoms with E-state index in [0.29, 0.717) is 12.1 Å². The largest absolute Gasteiger partial charge is 0.504 e. The van der Waals surface area contributed by atoms with Crippen LogP contribution in [0.2, 0.25) is 0 Å². The zero-order valence-electron chi connectivity index (χ0n) is 11.5. The number of phenols is 2. The predicted molar refractivity (Wildman–Crippen MR) is 78.3 cm³/mol. The number of rotatable bonds is 3. The minimum Gasteiger partial charge on any atom is -0.504 e. The Bertz CT molecular complexity index is 637. The van der Waals surface area contributed by atoms with Crippen molar-refractivity contribution in [1.82, 2.24) is 0 Å². The molecule has 0 saturated carbocycles. The quantitative estimate of drug-likeness (QED) is 0.843. The number of nitrogens with zero attached hydrogens (tertiary/aromatic N) is 1. The second kappa shape index (κ2) is 5.65. The first-order chi connectivity index (χ1) is 9.52. The summed E-state index contributed by atoms with van der Waals surface area (Å²) in [5, 5.41) is 18.8. The fraction of sp³-hybridized carbons (Fsp3) is 0.188. The number of hydrogen-bond acceptors (Lipinski definition) is 3. The Morgan fingerprint density at radius 2 is 1.85 bits per heavy atom. The molecule has 1 amide bonds. The van der Waals surface area contributed by atoms with Crippen LogP contribution in [0.1, 0.15) is 22.8 Å². The zero-order chi connectivity index (χ0) is 14.7. The number of aromatic hydroxyl groups is 2. The van der Waals surface area contributed by atoms with E-state index in [1.165, 1.54) is 18.2 Å². The fourth-order valence-corrected chi connectivity index (χ4v) is 2.05. The molecule has 0 atom stereocenters. The lowest BCUT2D eigenvalue weighted by Gasteiger charge is -2.21. The summed E-state index contributed by atoms with van der Waals surface area (Å²) in [6.07, 6.45) is 0. The van der Waals surface area contributed by atoms with Crippen LogP contribution in [0.25, 0.3) is 0 Å². The highest BCUT2D eigenvalue weighted by molar-refractivity contribution is 6.06. The molecule has 0 aliphatic rings. The summed E-state index contributed by atoms with van der Waals surface area (Å²) < 4.78 is 0. The van der Waals surface area contributed by atoms with Gasteiger partial charge in [0.1, 0.15) is 0 Å². The maximum atomic E-state index is 12.5. The van der Waals surface area contributed by atoms with E-state index in [4.69, 9.17) is 0 Å². The molecule has 0 spiro atoms. The van der Waals surface area contributed by atoms with Gasteiger partial charge in [0.25, 0.3) is 5.91 Å². The lowest BCUT2D eigenvalue weighted by atomic mass is 10.1. The van der Waals surface area contributed by atoms with Gasteiger partial charge < -0.3 is 15.1 Å². The van der Waals surface area contributed by atoms with Gasteiger partial charge in [-0.2, -0.15) is 0 Å². The number of aryl methyl sites for hydroxylation is 1. The number of carbonyl (C=O) groups is 1. The molecule has 2 aromatic rings. The van der Waals surface area contributed by atoms with Gasteiger partial charge in [0.15, 0.2) is 11.5 Å². The molecule has 2 aromatic carbocycles. The number of anilines is 1. The van der Waals surface area contributed by atoms with Crippen LogP contribution in [-0.2, 0) is 0 Å². The van der Waals surface area contributed by atoms with Crippen LogP contribution in [0.5, 0.6) is 11.5 Å². The Morgan fingerprint density at radius 1 is 1.10 bits per heavy atom. The molecule has 4 nitrogen and oxygen atoms in total. The molecule has 0 unspecified atom stereocenters. The standard InChI is InChI=1S/C16H17NO3/c1-3-17(13-6-4-5-11(2)9-13)16(20)12-7-8-14(18)15(19)10-12/h4-10,18-19H,3H2,1-2H3. The summed E-state index contributed by atoms with van der Waals surface area (Å²) in [6, 6.07) is 11.7. The maximum Gasteiger partial charge on any atom is 0.258 e. The van der Waals surface area contributed by atoms with Gasteiger partial charge in [-0.05, 0) is 49.7 Å². The third-order valence-electron chi connectivity index (χ3n) is 3.10. The van der Waals surface area contributed by atoms with Gasteiger partial charge in [0.2, 0.25) is 0 Å². The second-order valence-corrected chi connectivity index (χ2v) is 4.59. The van der Waals surface area contributed by atoms with Crippen molar-refractivity contribution in [1.29, 1.82) is 0 Å². The summed E-state index contributed by atoms with van der Waals surface area (Å²) in [5.74, 6) is -0.746. The number of hydrogen-bond donors (Lipinski definition) is 2. The molecule has 0 aromatic heterocycles. The Hall–Kier alpha value is -2.49. The lowest BCUT2D eigenvalue weighted by Crippen LogP contribution is -2.30. The van der Waals surface area contributed by atoms with Crippen molar-refractivity contribution >= 4 is 11.6 Å². The molecule has 0 radical (unpaired) electrons. The molecular weight excluding hydrogens is 254 g/mol. The van der Waals surface area contributed by atoms with E-state index in [-0.39, 0.29) is 17.4 Å². The molecule has 2 N–H and O–H groups in total. The molecule has 20 heavy (non-hydrogen) atoms. The van der Waals surface area contributed by atoms with E-state index >= 15 is 0 Å². The molecule has 0 heterocycles. The third-order valence-corrected chi connectivity index (χ3v) is 3.10. The van der Waals surface area contributed by atoms with Crippen LogP contribution in [0.3, 0.4) is 0 Å². The van der Waals surface area contributed by atoms with Crippen molar-refractivity contribution in [3.63, 3.8) is 0 Å². The summed E-state index contributed by atoms with van der Waals surface area (Å²) >= 11 is 0. The maximum absolute atomic E-state index is 12.5. The highest BCUT2D eigenvalue weighted by Gasteiger charge is 2.17. The smallest absolute Gasteiger partial charge is 0.258 e. The molecule has 0 saturated heterocycles.